The Morgan fingerprint density at radius 2 is 1.95 bits per heavy atom. The van der Waals surface area contributed by atoms with E-state index in [-0.39, 0.29) is 30.4 Å². The van der Waals surface area contributed by atoms with E-state index in [9.17, 15) is 18.0 Å². The first-order valence-corrected chi connectivity index (χ1v) is 12.8. The van der Waals surface area contributed by atoms with Crippen molar-refractivity contribution in [1.29, 1.82) is 0 Å². The summed E-state index contributed by atoms with van der Waals surface area (Å²) in [6.07, 6.45) is -1.47. The summed E-state index contributed by atoms with van der Waals surface area (Å²) in [5.41, 5.74) is -0.826. The molecule has 210 valence electrons. The van der Waals surface area contributed by atoms with Crippen LogP contribution < -0.4 is 15.4 Å². The van der Waals surface area contributed by atoms with E-state index >= 15 is 0 Å². The van der Waals surface area contributed by atoms with Crippen LogP contribution in [-0.2, 0) is 15.7 Å². The summed E-state index contributed by atoms with van der Waals surface area (Å²) in [4.78, 5) is 20.3. The molecule has 2 heterocycles. The number of nitrogens with zero attached hydrogens (tertiary/aromatic N) is 2. The number of carbonyl (C=O) groups is 1. The summed E-state index contributed by atoms with van der Waals surface area (Å²) in [5, 5.41) is 6.00. The number of ether oxygens (including phenoxy) is 3. The number of benzene rings is 1. The van der Waals surface area contributed by atoms with E-state index < -0.39 is 23.4 Å². The Kier molecular flexibility index (Phi) is 9.81. The van der Waals surface area contributed by atoms with Crippen LogP contribution in [0, 0.1) is 5.92 Å². The molecule has 1 aliphatic rings. The molecule has 1 aromatic heterocycles. The van der Waals surface area contributed by atoms with Gasteiger partial charge in [-0.2, -0.15) is 13.2 Å². The number of alkyl halides is 3. The quantitative estimate of drug-likeness (QED) is 0.400. The highest BCUT2D eigenvalue weighted by Crippen LogP contribution is 2.39. The zero-order valence-corrected chi connectivity index (χ0v) is 22.5. The summed E-state index contributed by atoms with van der Waals surface area (Å²) in [5.74, 6) is 0.148. The van der Waals surface area contributed by atoms with Crippen molar-refractivity contribution in [2.75, 3.05) is 25.1 Å². The molecule has 0 radical (unpaired) electrons. The van der Waals surface area contributed by atoms with Gasteiger partial charge in [-0.15, -0.1) is 0 Å². The fourth-order valence-electron chi connectivity index (χ4n) is 4.17. The number of hydrogen-bond acceptors (Lipinski definition) is 7. The van der Waals surface area contributed by atoms with Crippen LogP contribution in [-0.4, -0.2) is 53.6 Å². The smallest absolute Gasteiger partial charge is 0.419 e. The SMILES string of the molecule is CC(COc1ccc(-c2cc(NC3CCCOC3)ncn2)cc1C(F)(F)F)CC(C)NC(=O)OC(C)(C)C. The first kappa shape index (κ1) is 29.5. The third-order valence-electron chi connectivity index (χ3n) is 5.80. The molecule has 1 saturated heterocycles. The predicted octanol–water partition coefficient (Wildman–Crippen LogP) is 6.07. The first-order valence-electron chi connectivity index (χ1n) is 12.8. The van der Waals surface area contributed by atoms with Crippen LogP contribution in [0.5, 0.6) is 5.75 Å². The highest BCUT2D eigenvalue weighted by Gasteiger charge is 2.35. The minimum Gasteiger partial charge on any atom is -0.493 e. The number of anilines is 1. The molecule has 3 unspecified atom stereocenters. The molecule has 0 saturated carbocycles. The van der Waals surface area contributed by atoms with Gasteiger partial charge in [0.2, 0.25) is 0 Å². The Morgan fingerprint density at radius 1 is 1.18 bits per heavy atom. The predicted molar refractivity (Wildman–Crippen MR) is 138 cm³/mol. The van der Waals surface area contributed by atoms with E-state index in [1.807, 2.05) is 13.8 Å². The lowest BCUT2D eigenvalue weighted by Crippen LogP contribution is -2.38. The van der Waals surface area contributed by atoms with Gasteiger partial charge in [-0.05, 0) is 71.1 Å². The maximum Gasteiger partial charge on any atom is 0.419 e. The van der Waals surface area contributed by atoms with Crippen LogP contribution >= 0.6 is 0 Å². The molecule has 38 heavy (non-hydrogen) atoms. The zero-order chi connectivity index (χ0) is 27.9. The molecule has 1 amide bonds. The van der Waals surface area contributed by atoms with Crippen molar-refractivity contribution in [2.45, 2.75) is 77.7 Å². The highest BCUT2D eigenvalue weighted by atomic mass is 19.4. The molecule has 1 aromatic carbocycles. The van der Waals surface area contributed by atoms with Crippen molar-refractivity contribution in [3.8, 4) is 17.0 Å². The maximum absolute atomic E-state index is 13.9. The van der Waals surface area contributed by atoms with Gasteiger partial charge in [-0.3, -0.25) is 0 Å². The van der Waals surface area contributed by atoms with Gasteiger partial charge >= 0.3 is 12.3 Å². The number of hydrogen-bond donors (Lipinski definition) is 2. The third kappa shape index (κ3) is 9.34. The number of alkyl carbamates (subject to hydrolysis) is 1. The molecule has 1 fully saturated rings. The number of nitrogens with one attached hydrogen (secondary N) is 2. The maximum atomic E-state index is 13.9. The monoisotopic (exact) mass is 538 g/mol. The van der Waals surface area contributed by atoms with Crippen LogP contribution in [0.4, 0.5) is 23.8 Å². The summed E-state index contributed by atoms with van der Waals surface area (Å²) in [6.45, 7) is 10.3. The van der Waals surface area contributed by atoms with E-state index in [1.165, 1.54) is 12.4 Å². The Morgan fingerprint density at radius 3 is 2.61 bits per heavy atom. The second-order valence-corrected chi connectivity index (χ2v) is 10.8. The second-order valence-electron chi connectivity index (χ2n) is 10.8. The third-order valence-corrected chi connectivity index (χ3v) is 5.80. The molecule has 8 nitrogen and oxygen atoms in total. The van der Waals surface area contributed by atoms with Crippen LogP contribution in [0.15, 0.2) is 30.6 Å². The molecule has 0 spiro atoms. The Bertz CT molecular complexity index is 1070. The van der Waals surface area contributed by atoms with Crippen molar-refractivity contribution < 1.29 is 32.2 Å². The number of carbonyl (C=O) groups excluding carboxylic acids is 1. The first-order chi connectivity index (χ1) is 17.8. The average Bonchev–Trinajstić information content (AvgIpc) is 2.81. The van der Waals surface area contributed by atoms with Crippen LogP contribution in [0.25, 0.3) is 11.3 Å². The molecule has 1 aliphatic heterocycles. The van der Waals surface area contributed by atoms with Crippen LogP contribution in [0.1, 0.15) is 59.4 Å². The summed E-state index contributed by atoms with van der Waals surface area (Å²) < 4.78 is 58.1. The molecule has 3 rings (SSSR count). The van der Waals surface area contributed by atoms with Crippen molar-refractivity contribution in [3.63, 3.8) is 0 Å². The lowest BCUT2D eigenvalue weighted by Gasteiger charge is -2.24. The van der Waals surface area contributed by atoms with Crippen molar-refractivity contribution >= 4 is 11.9 Å². The fourth-order valence-corrected chi connectivity index (χ4v) is 4.17. The van der Waals surface area contributed by atoms with Crippen LogP contribution in [0.3, 0.4) is 0 Å². The van der Waals surface area contributed by atoms with Gasteiger partial charge in [0, 0.05) is 24.3 Å². The Balaban J connectivity index is 1.65. The summed E-state index contributed by atoms with van der Waals surface area (Å²) >= 11 is 0. The Hall–Kier alpha value is -3.08. The minimum absolute atomic E-state index is 0.0494. The minimum atomic E-state index is -4.62. The van der Waals surface area contributed by atoms with Gasteiger partial charge in [-0.1, -0.05) is 6.92 Å². The molecule has 2 aromatic rings. The van der Waals surface area contributed by atoms with Gasteiger partial charge in [0.1, 0.15) is 23.5 Å². The Labute approximate surface area is 221 Å². The fraction of sp³-hybridized carbons (Fsp3) is 0.593. The van der Waals surface area contributed by atoms with Crippen LogP contribution in [0.2, 0.25) is 0 Å². The zero-order valence-electron chi connectivity index (χ0n) is 22.5. The van der Waals surface area contributed by atoms with E-state index in [2.05, 4.69) is 20.6 Å². The average molecular weight is 539 g/mol. The van der Waals surface area contributed by atoms with E-state index in [0.29, 0.717) is 30.1 Å². The van der Waals surface area contributed by atoms with Crippen molar-refractivity contribution in [1.82, 2.24) is 15.3 Å². The molecule has 0 bridgehead atoms. The molecule has 11 heteroatoms. The molecule has 2 N–H and O–H groups in total. The summed E-state index contributed by atoms with van der Waals surface area (Å²) in [6, 6.07) is 5.40. The number of amides is 1. The van der Waals surface area contributed by atoms with E-state index in [4.69, 9.17) is 14.2 Å². The van der Waals surface area contributed by atoms with Gasteiger partial charge in [0.15, 0.2) is 0 Å². The molecule has 0 aliphatic carbocycles. The topological polar surface area (TPSA) is 94.6 Å². The van der Waals surface area contributed by atoms with Gasteiger partial charge in [0.05, 0.1) is 30.5 Å². The van der Waals surface area contributed by atoms with E-state index in [1.54, 1.807) is 32.9 Å². The number of aromatic nitrogens is 2. The number of halogens is 3. The van der Waals surface area contributed by atoms with Gasteiger partial charge in [0.25, 0.3) is 0 Å². The summed E-state index contributed by atoms with van der Waals surface area (Å²) in [7, 11) is 0. The number of rotatable bonds is 9. The lowest BCUT2D eigenvalue weighted by atomic mass is 10.0. The molecular formula is C27H37F3N4O4. The van der Waals surface area contributed by atoms with Gasteiger partial charge in [-0.25, -0.2) is 14.8 Å². The lowest BCUT2D eigenvalue weighted by molar-refractivity contribution is -0.139. The van der Waals surface area contributed by atoms with Gasteiger partial charge < -0.3 is 24.8 Å². The standard InChI is InChI=1S/C27H37F3N4O4/c1-17(11-18(2)33-25(35)38-26(3,4)5)14-37-23-9-8-19(12-21(23)27(28,29)30)22-13-24(32-16-31-22)34-20-7-6-10-36-15-20/h8-9,12-13,16-18,20H,6-7,10-11,14-15H2,1-5H3,(H,33,35)(H,31,32,34). The normalized spacial score (nSPS) is 17.8. The highest BCUT2D eigenvalue weighted by molar-refractivity contribution is 5.68. The molecule has 3 atom stereocenters. The van der Waals surface area contributed by atoms with Crippen molar-refractivity contribution in [2.24, 2.45) is 5.92 Å². The van der Waals surface area contributed by atoms with E-state index in [0.717, 1.165) is 25.5 Å². The largest absolute Gasteiger partial charge is 0.493 e. The van der Waals surface area contributed by atoms with Crippen molar-refractivity contribution in [3.05, 3.63) is 36.2 Å². The molecular weight excluding hydrogens is 501 g/mol. The second kappa shape index (κ2) is 12.6.